The Hall–Kier alpha value is -2.69. The Labute approximate surface area is 154 Å². The van der Waals surface area contributed by atoms with E-state index in [1.54, 1.807) is 12.4 Å². The summed E-state index contributed by atoms with van der Waals surface area (Å²) in [5, 5.41) is 4.03. The first-order chi connectivity index (χ1) is 12.9. The molecule has 3 aromatic rings. The highest BCUT2D eigenvalue weighted by Crippen LogP contribution is 2.24. The predicted octanol–water partition coefficient (Wildman–Crippen LogP) is 5.54. The van der Waals surface area contributed by atoms with E-state index in [4.69, 9.17) is 9.26 Å². The van der Waals surface area contributed by atoms with Crippen molar-refractivity contribution in [1.29, 1.82) is 0 Å². The van der Waals surface area contributed by atoms with Gasteiger partial charge in [-0.15, -0.1) is 0 Å². The first-order valence-corrected chi connectivity index (χ1v) is 9.34. The minimum absolute atomic E-state index is 0.499. The first-order valence-electron chi connectivity index (χ1n) is 9.34. The molecule has 26 heavy (non-hydrogen) atoms. The molecule has 0 amide bonds. The third kappa shape index (κ3) is 5.15. The van der Waals surface area contributed by atoms with E-state index in [9.17, 15) is 0 Å². The molecule has 0 unspecified atom stereocenters. The molecule has 0 aliphatic heterocycles. The average molecular weight is 351 g/mol. The van der Waals surface area contributed by atoms with Gasteiger partial charge >= 0.3 is 0 Å². The zero-order valence-corrected chi connectivity index (χ0v) is 15.2. The number of rotatable bonds is 10. The lowest BCUT2D eigenvalue weighted by Crippen LogP contribution is -1.97. The molecule has 0 spiro atoms. The Morgan fingerprint density at radius 3 is 2.35 bits per heavy atom. The summed E-state index contributed by atoms with van der Waals surface area (Å²) in [7, 11) is 0. The van der Waals surface area contributed by atoms with E-state index in [1.807, 2.05) is 36.4 Å². The summed E-state index contributed by atoms with van der Waals surface area (Å²) in [6.45, 7) is 3.00. The molecule has 0 saturated carbocycles. The van der Waals surface area contributed by atoms with Gasteiger partial charge in [0.2, 0.25) is 5.82 Å². The van der Waals surface area contributed by atoms with Gasteiger partial charge < -0.3 is 9.26 Å². The smallest absolute Gasteiger partial charge is 0.258 e. The van der Waals surface area contributed by atoms with Crippen LogP contribution in [0.1, 0.15) is 45.4 Å². The Morgan fingerprint density at radius 2 is 1.58 bits per heavy atom. The molecule has 3 rings (SSSR count). The lowest BCUT2D eigenvalue weighted by atomic mass is 10.1. The van der Waals surface area contributed by atoms with Crippen LogP contribution in [0.4, 0.5) is 0 Å². The fourth-order valence-corrected chi connectivity index (χ4v) is 2.73. The van der Waals surface area contributed by atoms with E-state index in [-0.39, 0.29) is 0 Å². The van der Waals surface area contributed by atoms with Crippen molar-refractivity contribution < 1.29 is 9.26 Å². The van der Waals surface area contributed by atoms with Gasteiger partial charge in [-0.1, -0.05) is 44.2 Å². The molecule has 5 nitrogen and oxygen atoms in total. The zero-order valence-electron chi connectivity index (χ0n) is 15.2. The van der Waals surface area contributed by atoms with E-state index < -0.39 is 0 Å². The number of ether oxygens (including phenoxy) is 1. The topological polar surface area (TPSA) is 61.0 Å². The quantitative estimate of drug-likeness (QED) is 0.449. The zero-order chi connectivity index (χ0) is 18.0. The van der Waals surface area contributed by atoms with Gasteiger partial charge in [0, 0.05) is 23.5 Å². The number of hydrogen-bond donors (Lipinski definition) is 0. The van der Waals surface area contributed by atoms with Crippen molar-refractivity contribution in [2.75, 3.05) is 6.61 Å². The molecular weight excluding hydrogens is 326 g/mol. The molecule has 2 aromatic heterocycles. The molecule has 136 valence electrons. The van der Waals surface area contributed by atoms with Gasteiger partial charge in [0.1, 0.15) is 5.75 Å². The maximum atomic E-state index is 5.80. The van der Waals surface area contributed by atoms with Crippen molar-refractivity contribution in [3.63, 3.8) is 0 Å². The van der Waals surface area contributed by atoms with Crippen molar-refractivity contribution >= 4 is 0 Å². The number of aromatic nitrogens is 3. The predicted molar refractivity (Wildman–Crippen MR) is 102 cm³/mol. The molecule has 2 heterocycles. The van der Waals surface area contributed by atoms with Gasteiger partial charge in [-0.3, -0.25) is 4.98 Å². The second-order valence-corrected chi connectivity index (χ2v) is 6.30. The van der Waals surface area contributed by atoms with Crippen molar-refractivity contribution in [2.24, 2.45) is 0 Å². The average Bonchev–Trinajstić information content (AvgIpc) is 3.19. The van der Waals surface area contributed by atoms with Crippen LogP contribution in [0.3, 0.4) is 0 Å². The van der Waals surface area contributed by atoms with Crippen LogP contribution in [0.25, 0.3) is 22.8 Å². The summed E-state index contributed by atoms with van der Waals surface area (Å²) in [6, 6.07) is 11.5. The van der Waals surface area contributed by atoms with Crippen LogP contribution in [-0.2, 0) is 0 Å². The molecule has 0 radical (unpaired) electrons. The number of pyridine rings is 1. The molecular formula is C21H25N3O2. The van der Waals surface area contributed by atoms with E-state index in [0.29, 0.717) is 11.7 Å². The summed E-state index contributed by atoms with van der Waals surface area (Å²) in [5.74, 6) is 1.93. The Kier molecular flexibility index (Phi) is 6.76. The van der Waals surface area contributed by atoms with E-state index in [0.717, 1.165) is 29.9 Å². The molecule has 0 aliphatic carbocycles. The van der Waals surface area contributed by atoms with Crippen molar-refractivity contribution in [3.8, 4) is 28.6 Å². The van der Waals surface area contributed by atoms with Crippen LogP contribution in [0, 0.1) is 0 Å². The van der Waals surface area contributed by atoms with Gasteiger partial charge in [0.15, 0.2) is 0 Å². The monoisotopic (exact) mass is 351 g/mol. The lowest BCUT2D eigenvalue weighted by molar-refractivity contribution is 0.304. The fraction of sp³-hybridized carbons (Fsp3) is 0.381. The van der Waals surface area contributed by atoms with Gasteiger partial charge in [-0.25, -0.2) is 0 Å². The van der Waals surface area contributed by atoms with Crippen LogP contribution < -0.4 is 4.74 Å². The van der Waals surface area contributed by atoms with Crippen LogP contribution in [0.15, 0.2) is 53.3 Å². The molecule has 0 saturated heterocycles. The first kappa shape index (κ1) is 18.1. The Balaban J connectivity index is 1.49. The third-order valence-electron chi connectivity index (χ3n) is 4.23. The second-order valence-electron chi connectivity index (χ2n) is 6.30. The third-order valence-corrected chi connectivity index (χ3v) is 4.23. The largest absolute Gasteiger partial charge is 0.494 e. The van der Waals surface area contributed by atoms with E-state index in [1.165, 1.54) is 32.1 Å². The minimum Gasteiger partial charge on any atom is -0.494 e. The Morgan fingerprint density at radius 1 is 0.846 bits per heavy atom. The molecule has 0 aliphatic rings. The summed E-state index contributed by atoms with van der Waals surface area (Å²) in [5.41, 5.74) is 1.76. The van der Waals surface area contributed by atoms with Gasteiger partial charge in [-0.2, -0.15) is 4.98 Å². The second kappa shape index (κ2) is 9.70. The van der Waals surface area contributed by atoms with E-state index in [2.05, 4.69) is 22.0 Å². The van der Waals surface area contributed by atoms with E-state index >= 15 is 0 Å². The summed E-state index contributed by atoms with van der Waals surface area (Å²) < 4.78 is 11.2. The summed E-state index contributed by atoms with van der Waals surface area (Å²) >= 11 is 0. The van der Waals surface area contributed by atoms with Crippen LogP contribution in [0.2, 0.25) is 0 Å². The number of nitrogens with zero attached hydrogens (tertiary/aromatic N) is 3. The highest BCUT2D eigenvalue weighted by Gasteiger charge is 2.10. The fourth-order valence-electron chi connectivity index (χ4n) is 2.73. The summed E-state index contributed by atoms with van der Waals surface area (Å²) in [4.78, 5) is 8.44. The number of hydrogen-bond acceptors (Lipinski definition) is 5. The standard InChI is InChI=1S/C21H25N3O2/c1-2-3-4-5-6-7-16-25-19-10-8-18(9-11-19)21-23-20(24-26-21)17-12-14-22-15-13-17/h8-15H,2-7,16H2,1H3. The maximum Gasteiger partial charge on any atom is 0.258 e. The molecule has 5 heteroatoms. The van der Waals surface area contributed by atoms with Gasteiger partial charge in [0.05, 0.1) is 6.61 Å². The van der Waals surface area contributed by atoms with Crippen molar-refractivity contribution in [2.45, 2.75) is 45.4 Å². The highest BCUT2D eigenvalue weighted by molar-refractivity contribution is 5.59. The maximum absolute atomic E-state index is 5.80. The minimum atomic E-state index is 0.499. The van der Waals surface area contributed by atoms with Crippen molar-refractivity contribution in [3.05, 3.63) is 48.8 Å². The number of unbranched alkanes of at least 4 members (excludes halogenated alkanes) is 5. The molecule has 0 bridgehead atoms. The van der Waals surface area contributed by atoms with Crippen molar-refractivity contribution in [1.82, 2.24) is 15.1 Å². The molecule has 0 N–H and O–H groups in total. The number of benzene rings is 1. The normalized spacial score (nSPS) is 10.8. The van der Waals surface area contributed by atoms with Gasteiger partial charge in [0.25, 0.3) is 5.89 Å². The van der Waals surface area contributed by atoms with Crippen LogP contribution >= 0.6 is 0 Å². The molecule has 1 aromatic carbocycles. The highest BCUT2D eigenvalue weighted by atomic mass is 16.5. The lowest BCUT2D eigenvalue weighted by Gasteiger charge is -2.06. The van der Waals surface area contributed by atoms with Crippen LogP contribution in [-0.4, -0.2) is 21.7 Å². The Bertz CT molecular complexity index is 769. The molecule has 0 atom stereocenters. The van der Waals surface area contributed by atoms with Crippen LogP contribution in [0.5, 0.6) is 5.75 Å². The van der Waals surface area contributed by atoms with Gasteiger partial charge in [-0.05, 0) is 42.8 Å². The SMILES string of the molecule is CCCCCCCCOc1ccc(-c2nc(-c3ccncc3)no2)cc1. The molecule has 0 fully saturated rings. The summed E-state index contributed by atoms with van der Waals surface area (Å²) in [6.07, 6.45) is 11.0.